The number of rotatable bonds is 5. The molecule has 0 radical (unpaired) electrons. The normalized spacial score (nSPS) is 12.4. The summed E-state index contributed by atoms with van der Waals surface area (Å²) in [6.07, 6.45) is 0. The van der Waals surface area contributed by atoms with E-state index in [2.05, 4.69) is 5.32 Å². The lowest BCUT2D eigenvalue weighted by Crippen LogP contribution is -2.34. The van der Waals surface area contributed by atoms with Crippen LogP contribution >= 0.6 is 0 Å². The quantitative estimate of drug-likeness (QED) is 0.563. The molecule has 0 aromatic carbocycles. The van der Waals surface area contributed by atoms with E-state index in [-0.39, 0.29) is 6.54 Å². The van der Waals surface area contributed by atoms with Gasteiger partial charge in [0, 0.05) is 13.1 Å². The number of alkyl halides is 2. The molecule has 7 heteroatoms. The van der Waals surface area contributed by atoms with Gasteiger partial charge in [-0.3, -0.25) is 0 Å². The van der Waals surface area contributed by atoms with Gasteiger partial charge in [-0.05, 0) is 7.05 Å². The molecule has 0 aliphatic carbocycles. The Morgan fingerprint density at radius 2 is 1.91 bits per heavy atom. The van der Waals surface area contributed by atoms with E-state index < -0.39 is 15.8 Å². The van der Waals surface area contributed by atoms with Gasteiger partial charge in [0.1, 0.15) is 0 Å². The summed E-state index contributed by atoms with van der Waals surface area (Å²) in [5.41, 5.74) is 0. The topological polar surface area (TPSA) is 58.2 Å². The average Bonchev–Trinajstić information content (AvgIpc) is 1.88. The zero-order valence-electron chi connectivity index (χ0n) is 5.97. The second-order valence-electron chi connectivity index (χ2n) is 1.80. The van der Waals surface area contributed by atoms with Crippen molar-refractivity contribution in [2.24, 2.45) is 0 Å². The second-order valence-corrected chi connectivity index (χ2v) is 3.54. The maximum atomic E-state index is 11.6. The molecule has 0 heterocycles. The molecule has 0 aliphatic heterocycles. The van der Waals surface area contributed by atoms with Gasteiger partial charge < -0.3 is 5.32 Å². The molecule has 4 nitrogen and oxygen atoms in total. The minimum atomic E-state index is -4.39. The van der Waals surface area contributed by atoms with Crippen LogP contribution in [0.1, 0.15) is 0 Å². The van der Waals surface area contributed by atoms with Crippen LogP contribution in [0.25, 0.3) is 0 Å². The summed E-state index contributed by atoms with van der Waals surface area (Å²) in [5, 5.41) is 2.61. The standard InChI is InChI=1S/C4H10F2N2O2S/c1-7-2-3-8-11(9,10)4(5)6/h4,7-8H,2-3H2,1H3. The number of halogens is 2. The van der Waals surface area contributed by atoms with Crippen molar-refractivity contribution in [3.63, 3.8) is 0 Å². The van der Waals surface area contributed by atoms with Crippen molar-refractivity contribution in [1.82, 2.24) is 10.0 Å². The smallest absolute Gasteiger partial charge is 0.318 e. The molecule has 0 saturated heterocycles. The largest absolute Gasteiger partial charge is 0.350 e. The molecule has 0 fully saturated rings. The average molecular weight is 188 g/mol. The van der Waals surface area contributed by atoms with Gasteiger partial charge in [-0.25, -0.2) is 13.1 Å². The van der Waals surface area contributed by atoms with Crippen molar-refractivity contribution >= 4 is 10.0 Å². The molecule has 0 aromatic heterocycles. The van der Waals surface area contributed by atoms with E-state index in [9.17, 15) is 17.2 Å². The van der Waals surface area contributed by atoms with Crippen molar-refractivity contribution in [1.29, 1.82) is 0 Å². The Hall–Kier alpha value is -0.270. The highest BCUT2D eigenvalue weighted by Gasteiger charge is 2.22. The molecule has 0 rings (SSSR count). The third kappa shape index (κ3) is 4.23. The van der Waals surface area contributed by atoms with Crippen LogP contribution in [0.3, 0.4) is 0 Å². The van der Waals surface area contributed by atoms with Gasteiger partial charge >= 0.3 is 5.76 Å². The van der Waals surface area contributed by atoms with Gasteiger partial charge in [-0.15, -0.1) is 0 Å². The number of hydrogen-bond donors (Lipinski definition) is 2. The number of likely N-dealkylation sites (N-methyl/N-ethyl adjacent to an activating group) is 1. The lowest BCUT2D eigenvalue weighted by atomic mass is 10.7. The van der Waals surface area contributed by atoms with Crippen LogP contribution in [0.2, 0.25) is 0 Å². The summed E-state index contributed by atoms with van der Waals surface area (Å²) in [5.74, 6) is -3.35. The van der Waals surface area contributed by atoms with Gasteiger partial charge in [0.05, 0.1) is 0 Å². The van der Waals surface area contributed by atoms with Gasteiger partial charge in [-0.2, -0.15) is 8.78 Å². The highest BCUT2D eigenvalue weighted by molar-refractivity contribution is 7.89. The van der Waals surface area contributed by atoms with E-state index >= 15 is 0 Å². The van der Waals surface area contributed by atoms with E-state index in [0.717, 1.165) is 0 Å². The van der Waals surface area contributed by atoms with Crippen LogP contribution in [0.5, 0.6) is 0 Å². The molecule has 0 bridgehead atoms. The Kier molecular flexibility index (Phi) is 4.46. The van der Waals surface area contributed by atoms with Gasteiger partial charge in [0.15, 0.2) is 0 Å². The molecular formula is C4H10F2N2O2S. The van der Waals surface area contributed by atoms with Crippen LogP contribution in [0.4, 0.5) is 8.78 Å². The SMILES string of the molecule is CNCCNS(=O)(=O)C(F)F. The first kappa shape index (κ1) is 10.7. The summed E-state index contributed by atoms with van der Waals surface area (Å²) >= 11 is 0. The third-order valence-corrected chi connectivity index (χ3v) is 1.99. The predicted octanol–water partition coefficient (Wildman–Crippen LogP) is -0.652. The van der Waals surface area contributed by atoms with Crippen LogP contribution in [0, 0.1) is 0 Å². The Bertz CT molecular complexity index is 192. The highest BCUT2D eigenvalue weighted by atomic mass is 32.2. The zero-order valence-corrected chi connectivity index (χ0v) is 6.79. The summed E-state index contributed by atoms with van der Waals surface area (Å²) in [7, 11) is -2.80. The van der Waals surface area contributed by atoms with Crippen molar-refractivity contribution in [2.75, 3.05) is 20.1 Å². The molecule has 0 amide bonds. The first-order valence-electron chi connectivity index (χ1n) is 2.92. The maximum Gasteiger partial charge on any atom is 0.350 e. The molecular weight excluding hydrogens is 178 g/mol. The number of hydrogen-bond acceptors (Lipinski definition) is 3. The minimum absolute atomic E-state index is 0.0246. The Labute approximate surface area is 64.0 Å². The molecule has 2 N–H and O–H groups in total. The van der Waals surface area contributed by atoms with Crippen LogP contribution < -0.4 is 10.0 Å². The zero-order chi connectivity index (χ0) is 8.91. The second kappa shape index (κ2) is 4.58. The highest BCUT2D eigenvalue weighted by Crippen LogP contribution is 2.00. The molecule has 11 heavy (non-hydrogen) atoms. The first-order valence-corrected chi connectivity index (χ1v) is 4.46. The van der Waals surface area contributed by atoms with Crippen LogP contribution in [0.15, 0.2) is 0 Å². The van der Waals surface area contributed by atoms with E-state index in [1.54, 1.807) is 11.8 Å². The molecule has 0 unspecified atom stereocenters. The van der Waals surface area contributed by atoms with Crippen molar-refractivity contribution in [3.05, 3.63) is 0 Å². The molecule has 68 valence electrons. The van der Waals surface area contributed by atoms with Crippen LogP contribution in [-0.2, 0) is 10.0 Å². The van der Waals surface area contributed by atoms with Crippen molar-refractivity contribution < 1.29 is 17.2 Å². The van der Waals surface area contributed by atoms with E-state index in [4.69, 9.17) is 0 Å². The van der Waals surface area contributed by atoms with Crippen LogP contribution in [-0.4, -0.2) is 34.3 Å². The number of sulfonamides is 1. The third-order valence-electron chi connectivity index (χ3n) is 0.913. The molecule has 0 spiro atoms. The Morgan fingerprint density at radius 3 is 2.27 bits per heavy atom. The van der Waals surface area contributed by atoms with Crippen molar-refractivity contribution in [3.8, 4) is 0 Å². The summed E-state index contributed by atoms with van der Waals surface area (Å²) in [4.78, 5) is 0. The first-order chi connectivity index (χ1) is 5.00. The molecule has 0 aromatic rings. The number of nitrogens with one attached hydrogen (secondary N) is 2. The predicted molar refractivity (Wildman–Crippen MR) is 36.9 cm³/mol. The minimum Gasteiger partial charge on any atom is -0.318 e. The summed E-state index contributed by atoms with van der Waals surface area (Å²) < 4.78 is 45.5. The van der Waals surface area contributed by atoms with Gasteiger partial charge in [0.25, 0.3) is 10.0 Å². The molecule has 0 atom stereocenters. The van der Waals surface area contributed by atoms with E-state index in [1.165, 1.54) is 0 Å². The fourth-order valence-corrected chi connectivity index (χ4v) is 0.894. The van der Waals surface area contributed by atoms with E-state index in [0.29, 0.717) is 6.54 Å². The monoisotopic (exact) mass is 188 g/mol. The maximum absolute atomic E-state index is 11.6. The summed E-state index contributed by atoms with van der Waals surface area (Å²) in [6.45, 7) is 0.301. The molecule has 0 saturated carbocycles. The van der Waals surface area contributed by atoms with Crippen molar-refractivity contribution in [2.45, 2.75) is 5.76 Å². The fraction of sp³-hybridized carbons (Fsp3) is 1.00. The lowest BCUT2D eigenvalue weighted by molar-refractivity contribution is 0.232. The Balaban J connectivity index is 3.75. The molecule has 0 aliphatic rings. The summed E-state index contributed by atoms with van der Waals surface area (Å²) in [6, 6.07) is 0. The lowest BCUT2D eigenvalue weighted by Gasteiger charge is -2.03. The fourth-order valence-electron chi connectivity index (χ4n) is 0.381. The van der Waals surface area contributed by atoms with Gasteiger partial charge in [-0.1, -0.05) is 0 Å². The van der Waals surface area contributed by atoms with E-state index in [1.807, 2.05) is 0 Å². The Morgan fingerprint density at radius 1 is 1.36 bits per heavy atom. The van der Waals surface area contributed by atoms with Gasteiger partial charge in [0.2, 0.25) is 0 Å².